The molecule has 0 aromatic carbocycles. The number of anilines is 1. The molecule has 1 aliphatic heterocycles. The Kier molecular flexibility index (Phi) is 4.59. The van der Waals surface area contributed by atoms with E-state index < -0.39 is 5.60 Å². The van der Waals surface area contributed by atoms with E-state index >= 15 is 0 Å². The Morgan fingerprint density at radius 2 is 2.33 bits per heavy atom. The number of fused-ring (bicyclic) bond motifs is 1. The van der Waals surface area contributed by atoms with Crippen LogP contribution >= 0.6 is 0 Å². The van der Waals surface area contributed by atoms with E-state index in [2.05, 4.69) is 25.2 Å². The molecule has 130 valence electrons. The van der Waals surface area contributed by atoms with Crippen molar-refractivity contribution in [2.45, 2.75) is 39.2 Å². The lowest BCUT2D eigenvalue weighted by atomic mass is 9.98. The Bertz CT molecular complexity index is 673. The van der Waals surface area contributed by atoms with Gasteiger partial charge in [-0.2, -0.15) is 4.98 Å². The molecule has 1 aliphatic rings. The van der Waals surface area contributed by atoms with E-state index in [4.69, 9.17) is 4.74 Å². The molecule has 7 heteroatoms. The number of nitrogens with zero attached hydrogens (tertiary/aromatic N) is 3. The van der Waals surface area contributed by atoms with Crippen molar-refractivity contribution in [3.63, 3.8) is 0 Å². The molecule has 1 fully saturated rings. The number of ether oxygens (including phenoxy) is 1. The Hall–Kier alpha value is -2.31. The molecule has 2 aromatic heterocycles. The van der Waals surface area contributed by atoms with Gasteiger partial charge in [-0.1, -0.05) is 0 Å². The average Bonchev–Trinajstić information content (AvgIpc) is 2.96. The van der Waals surface area contributed by atoms with Crippen molar-refractivity contribution in [1.29, 1.82) is 0 Å². The molecular formula is C17H25N5O2. The number of nitrogens with one attached hydrogen (secondary N) is 2. The van der Waals surface area contributed by atoms with Crippen LogP contribution < -0.4 is 10.2 Å². The van der Waals surface area contributed by atoms with Gasteiger partial charge in [-0.25, -0.2) is 9.78 Å². The van der Waals surface area contributed by atoms with E-state index in [9.17, 15) is 4.79 Å². The van der Waals surface area contributed by atoms with Gasteiger partial charge in [0.2, 0.25) is 5.95 Å². The van der Waals surface area contributed by atoms with Gasteiger partial charge in [0.05, 0.1) is 5.52 Å². The van der Waals surface area contributed by atoms with Crippen molar-refractivity contribution < 1.29 is 9.53 Å². The largest absolute Gasteiger partial charge is 0.444 e. The van der Waals surface area contributed by atoms with Crippen LogP contribution in [0.25, 0.3) is 11.2 Å². The van der Waals surface area contributed by atoms with Gasteiger partial charge >= 0.3 is 6.09 Å². The van der Waals surface area contributed by atoms with Crippen LogP contribution in [0.15, 0.2) is 18.3 Å². The second-order valence-corrected chi connectivity index (χ2v) is 7.27. The zero-order chi connectivity index (χ0) is 17.2. The monoisotopic (exact) mass is 331 g/mol. The van der Waals surface area contributed by atoms with Gasteiger partial charge in [0.15, 0.2) is 5.65 Å². The average molecular weight is 331 g/mol. The van der Waals surface area contributed by atoms with Crippen molar-refractivity contribution in [2.75, 3.05) is 24.5 Å². The number of carbonyl (C=O) groups excluding carboxylic acids is 1. The number of aromatic nitrogens is 3. The van der Waals surface area contributed by atoms with Gasteiger partial charge in [-0.05, 0) is 51.7 Å². The maximum atomic E-state index is 11.8. The number of H-pyrrole nitrogens is 1. The van der Waals surface area contributed by atoms with E-state index in [1.54, 1.807) is 6.20 Å². The zero-order valence-electron chi connectivity index (χ0n) is 14.5. The van der Waals surface area contributed by atoms with Crippen LogP contribution in [0.2, 0.25) is 0 Å². The first-order valence-electron chi connectivity index (χ1n) is 8.43. The Morgan fingerprint density at radius 1 is 1.50 bits per heavy atom. The molecule has 3 heterocycles. The van der Waals surface area contributed by atoms with Crippen molar-refractivity contribution in [2.24, 2.45) is 5.92 Å². The van der Waals surface area contributed by atoms with E-state index in [-0.39, 0.29) is 6.09 Å². The lowest BCUT2D eigenvalue weighted by molar-refractivity contribution is 0.0517. The third kappa shape index (κ3) is 4.15. The highest BCUT2D eigenvalue weighted by molar-refractivity contribution is 5.73. The maximum Gasteiger partial charge on any atom is 0.407 e. The van der Waals surface area contributed by atoms with E-state index in [0.717, 1.165) is 43.0 Å². The van der Waals surface area contributed by atoms with Crippen molar-refractivity contribution >= 4 is 23.2 Å². The molecule has 3 rings (SSSR count). The van der Waals surface area contributed by atoms with Crippen LogP contribution in [0.1, 0.15) is 33.6 Å². The minimum Gasteiger partial charge on any atom is -0.444 e. The summed E-state index contributed by atoms with van der Waals surface area (Å²) < 4.78 is 5.29. The Morgan fingerprint density at radius 3 is 3.08 bits per heavy atom. The maximum absolute atomic E-state index is 11.8. The molecule has 0 bridgehead atoms. The molecule has 0 spiro atoms. The third-order valence-electron chi connectivity index (χ3n) is 4.00. The minimum atomic E-state index is -0.468. The fourth-order valence-electron chi connectivity index (χ4n) is 2.95. The molecule has 0 aliphatic carbocycles. The summed E-state index contributed by atoms with van der Waals surface area (Å²) in [5.41, 5.74) is 1.22. The normalized spacial score (nSPS) is 18.6. The van der Waals surface area contributed by atoms with Gasteiger partial charge in [-0.15, -0.1) is 0 Å². The number of alkyl carbamates (subject to hydrolysis) is 1. The number of amides is 1. The summed E-state index contributed by atoms with van der Waals surface area (Å²) in [6.07, 6.45) is 3.56. The first-order chi connectivity index (χ1) is 11.4. The third-order valence-corrected chi connectivity index (χ3v) is 4.00. The predicted octanol–water partition coefficient (Wildman–Crippen LogP) is 2.70. The van der Waals surface area contributed by atoms with Crippen molar-refractivity contribution in [1.82, 2.24) is 20.3 Å². The molecule has 7 nitrogen and oxygen atoms in total. The molecule has 0 unspecified atom stereocenters. The SMILES string of the molecule is CC(C)(C)OC(=O)NC[C@H]1CCCN(c2nc3ncccc3[nH]2)C1. The quantitative estimate of drug-likeness (QED) is 0.903. The summed E-state index contributed by atoms with van der Waals surface area (Å²) >= 11 is 0. The van der Waals surface area contributed by atoms with Crippen LogP contribution in [0, 0.1) is 5.92 Å². The molecule has 0 radical (unpaired) electrons. The first-order valence-corrected chi connectivity index (χ1v) is 8.43. The van der Waals surface area contributed by atoms with Crippen LogP contribution in [0.4, 0.5) is 10.7 Å². The van der Waals surface area contributed by atoms with Gasteiger partial charge in [-0.3, -0.25) is 0 Å². The number of carbonyl (C=O) groups is 1. The molecule has 2 aromatic rings. The number of rotatable bonds is 3. The van der Waals surface area contributed by atoms with Crippen LogP contribution in [-0.2, 0) is 4.74 Å². The number of imidazole rings is 1. The smallest absolute Gasteiger partial charge is 0.407 e. The van der Waals surface area contributed by atoms with Crippen molar-refractivity contribution in [3.05, 3.63) is 18.3 Å². The Balaban J connectivity index is 1.57. The molecular weight excluding hydrogens is 306 g/mol. The van der Waals surface area contributed by atoms with Gasteiger partial charge in [0.25, 0.3) is 0 Å². The molecule has 0 saturated carbocycles. The highest BCUT2D eigenvalue weighted by Gasteiger charge is 2.24. The molecule has 2 N–H and O–H groups in total. The lowest BCUT2D eigenvalue weighted by Crippen LogP contribution is -2.42. The van der Waals surface area contributed by atoms with Crippen molar-refractivity contribution in [3.8, 4) is 0 Å². The molecule has 1 amide bonds. The fraction of sp³-hybridized carbons (Fsp3) is 0.588. The summed E-state index contributed by atoms with van der Waals surface area (Å²) in [5, 5.41) is 2.88. The highest BCUT2D eigenvalue weighted by Crippen LogP contribution is 2.22. The fourth-order valence-corrected chi connectivity index (χ4v) is 2.95. The van der Waals surface area contributed by atoms with Crippen LogP contribution in [0.3, 0.4) is 0 Å². The van der Waals surface area contributed by atoms with Gasteiger partial charge in [0, 0.05) is 25.8 Å². The van der Waals surface area contributed by atoms with E-state index in [0.29, 0.717) is 12.5 Å². The second kappa shape index (κ2) is 6.67. The zero-order valence-corrected chi connectivity index (χ0v) is 14.5. The van der Waals surface area contributed by atoms with Gasteiger partial charge in [0.1, 0.15) is 5.60 Å². The second-order valence-electron chi connectivity index (χ2n) is 7.27. The number of aromatic amines is 1. The lowest BCUT2D eigenvalue weighted by Gasteiger charge is -2.32. The molecule has 1 saturated heterocycles. The van der Waals surface area contributed by atoms with E-state index in [1.807, 2.05) is 32.9 Å². The minimum absolute atomic E-state index is 0.354. The molecule has 24 heavy (non-hydrogen) atoms. The number of piperidine rings is 1. The Labute approximate surface area is 141 Å². The molecule has 1 atom stereocenters. The van der Waals surface area contributed by atoms with Crippen LogP contribution in [0.5, 0.6) is 0 Å². The van der Waals surface area contributed by atoms with Crippen LogP contribution in [-0.4, -0.2) is 46.3 Å². The standard InChI is InChI=1S/C17H25N5O2/c1-17(2,3)24-16(23)19-10-12-6-5-9-22(11-12)15-20-13-7-4-8-18-14(13)21-15/h4,7-8,12H,5-6,9-11H2,1-3H3,(H,19,23)(H,18,20,21)/t12-/m1/s1. The summed E-state index contributed by atoms with van der Waals surface area (Å²) in [5.74, 6) is 1.23. The topological polar surface area (TPSA) is 83.1 Å². The van der Waals surface area contributed by atoms with Gasteiger partial charge < -0.3 is 19.9 Å². The summed E-state index contributed by atoms with van der Waals surface area (Å²) in [6.45, 7) is 8.03. The highest BCUT2D eigenvalue weighted by atomic mass is 16.6. The van der Waals surface area contributed by atoms with E-state index in [1.165, 1.54) is 0 Å². The first kappa shape index (κ1) is 16.5. The number of hydrogen-bond donors (Lipinski definition) is 2. The predicted molar refractivity (Wildman–Crippen MR) is 93.1 cm³/mol. The summed E-state index contributed by atoms with van der Waals surface area (Å²) in [4.78, 5) is 26.2. The summed E-state index contributed by atoms with van der Waals surface area (Å²) in [7, 11) is 0. The number of pyridine rings is 1. The summed E-state index contributed by atoms with van der Waals surface area (Å²) in [6, 6.07) is 3.87. The number of hydrogen-bond acceptors (Lipinski definition) is 5.